The summed E-state index contributed by atoms with van der Waals surface area (Å²) in [5.74, 6) is 0.0397. The lowest BCUT2D eigenvalue weighted by molar-refractivity contribution is -0.144. The Bertz CT molecular complexity index is 896. The van der Waals surface area contributed by atoms with Gasteiger partial charge in [0.05, 0.1) is 11.9 Å². The fourth-order valence-corrected chi connectivity index (χ4v) is 5.11. The quantitative estimate of drug-likeness (QED) is 0.559. The van der Waals surface area contributed by atoms with Crippen molar-refractivity contribution in [2.24, 2.45) is 13.0 Å². The molecule has 2 aliphatic heterocycles. The summed E-state index contributed by atoms with van der Waals surface area (Å²) in [4.78, 5) is 29.3. The Morgan fingerprint density at radius 2 is 2.07 bits per heavy atom. The molecule has 0 aromatic carbocycles. The SMILES string of the molecule is Cn1nccc1CN1C[C@@H]2C[C@H](NS(C)(=O)=O)CN2C(=O)[C@@H]1CNC(=O)C1CC1. The molecule has 1 saturated carbocycles. The van der Waals surface area contributed by atoms with Gasteiger partial charge >= 0.3 is 0 Å². The highest BCUT2D eigenvalue weighted by molar-refractivity contribution is 7.88. The zero-order valence-corrected chi connectivity index (χ0v) is 17.6. The van der Waals surface area contributed by atoms with Crippen LogP contribution in [-0.2, 0) is 33.2 Å². The van der Waals surface area contributed by atoms with Gasteiger partial charge in [0.25, 0.3) is 0 Å². The van der Waals surface area contributed by atoms with Crippen molar-refractivity contribution in [2.75, 3.05) is 25.9 Å². The largest absolute Gasteiger partial charge is 0.354 e. The lowest BCUT2D eigenvalue weighted by Crippen LogP contribution is -2.62. The van der Waals surface area contributed by atoms with Crippen molar-refractivity contribution in [3.05, 3.63) is 18.0 Å². The summed E-state index contributed by atoms with van der Waals surface area (Å²) in [5.41, 5.74) is 0.980. The molecule has 2 N–H and O–H groups in total. The van der Waals surface area contributed by atoms with Crippen LogP contribution in [0.5, 0.6) is 0 Å². The number of amides is 2. The predicted octanol–water partition coefficient (Wildman–Crippen LogP) is -1.35. The van der Waals surface area contributed by atoms with Gasteiger partial charge in [-0.15, -0.1) is 0 Å². The van der Waals surface area contributed by atoms with E-state index >= 15 is 0 Å². The second-order valence-electron chi connectivity index (χ2n) is 8.38. The molecule has 3 aliphatic rings. The van der Waals surface area contributed by atoms with Gasteiger partial charge in [0.2, 0.25) is 21.8 Å². The van der Waals surface area contributed by atoms with Crippen molar-refractivity contribution in [2.45, 2.75) is 43.9 Å². The second kappa shape index (κ2) is 7.69. The number of carbonyl (C=O) groups is 2. The number of nitrogens with zero attached hydrogens (tertiary/aromatic N) is 4. The third-order valence-electron chi connectivity index (χ3n) is 5.95. The van der Waals surface area contributed by atoms with E-state index in [1.54, 1.807) is 15.8 Å². The molecule has 0 unspecified atom stereocenters. The first-order valence-corrected chi connectivity index (χ1v) is 11.9. The monoisotopic (exact) mass is 424 g/mol. The Kier molecular flexibility index (Phi) is 5.38. The molecule has 2 saturated heterocycles. The molecule has 3 atom stereocenters. The topological polar surface area (TPSA) is 117 Å². The van der Waals surface area contributed by atoms with E-state index in [1.165, 1.54) is 0 Å². The predicted molar refractivity (Wildman–Crippen MR) is 105 cm³/mol. The van der Waals surface area contributed by atoms with E-state index in [2.05, 4.69) is 20.0 Å². The highest BCUT2D eigenvalue weighted by atomic mass is 32.2. The Morgan fingerprint density at radius 1 is 1.31 bits per heavy atom. The van der Waals surface area contributed by atoms with Crippen LogP contribution in [0, 0.1) is 5.92 Å². The summed E-state index contributed by atoms with van der Waals surface area (Å²) in [6.45, 7) is 1.80. The Morgan fingerprint density at radius 3 is 2.69 bits per heavy atom. The molecule has 1 aromatic rings. The maximum atomic E-state index is 13.3. The van der Waals surface area contributed by atoms with Crippen molar-refractivity contribution in [3.63, 3.8) is 0 Å². The van der Waals surface area contributed by atoms with E-state index in [0.717, 1.165) is 24.8 Å². The molecule has 3 fully saturated rings. The molecule has 10 nitrogen and oxygen atoms in total. The van der Waals surface area contributed by atoms with Gasteiger partial charge in [-0.25, -0.2) is 13.1 Å². The summed E-state index contributed by atoms with van der Waals surface area (Å²) in [7, 11) is -1.48. The second-order valence-corrected chi connectivity index (χ2v) is 10.2. The van der Waals surface area contributed by atoms with Crippen LogP contribution in [0.3, 0.4) is 0 Å². The van der Waals surface area contributed by atoms with E-state index < -0.39 is 16.1 Å². The molecule has 0 radical (unpaired) electrons. The van der Waals surface area contributed by atoms with Crippen LogP contribution in [0.1, 0.15) is 25.0 Å². The Balaban J connectivity index is 1.50. The van der Waals surface area contributed by atoms with Crippen LogP contribution in [0.4, 0.5) is 0 Å². The highest BCUT2D eigenvalue weighted by Gasteiger charge is 2.46. The van der Waals surface area contributed by atoms with Gasteiger partial charge in [0.15, 0.2) is 0 Å². The third-order valence-corrected chi connectivity index (χ3v) is 6.72. The molecule has 160 valence electrons. The number of hydrogen-bond acceptors (Lipinski definition) is 6. The molecular weight excluding hydrogens is 396 g/mol. The number of aryl methyl sites for hydroxylation is 1. The van der Waals surface area contributed by atoms with Gasteiger partial charge in [-0.2, -0.15) is 5.10 Å². The number of nitrogens with one attached hydrogen (secondary N) is 2. The van der Waals surface area contributed by atoms with Crippen molar-refractivity contribution < 1.29 is 18.0 Å². The minimum absolute atomic E-state index is 0.0125. The molecule has 2 amide bonds. The number of rotatable bonds is 7. The number of carbonyl (C=O) groups excluding carboxylic acids is 2. The van der Waals surface area contributed by atoms with Crippen molar-refractivity contribution in [3.8, 4) is 0 Å². The van der Waals surface area contributed by atoms with E-state index in [-0.39, 0.29) is 36.4 Å². The van der Waals surface area contributed by atoms with Gasteiger partial charge in [0, 0.05) is 57.4 Å². The fraction of sp³-hybridized carbons (Fsp3) is 0.722. The smallest absolute Gasteiger partial charge is 0.242 e. The summed E-state index contributed by atoms with van der Waals surface area (Å²) >= 11 is 0. The van der Waals surface area contributed by atoms with Crippen molar-refractivity contribution >= 4 is 21.8 Å². The standard InChI is InChI=1S/C18H28N6O4S/c1-22-14(5-6-20-22)10-23-11-15-7-13(21-29(2,27)28)9-24(15)18(26)16(23)8-19-17(25)12-3-4-12/h5-6,12-13,15-16,21H,3-4,7-11H2,1-2H3,(H,19,25)/t13-,15-,16-/m0/s1. The van der Waals surface area contributed by atoms with E-state index in [9.17, 15) is 18.0 Å². The molecular formula is C18H28N6O4S. The van der Waals surface area contributed by atoms with Crippen LogP contribution in [0.15, 0.2) is 12.3 Å². The van der Waals surface area contributed by atoms with Gasteiger partial charge < -0.3 is 10.2 Å². The average Bonchev–Trinajstić information content (AvgIpc) is 3.30. The average molecular weight is 425 g/mol. The fourth-order valence-electron chi connectivity index (χ4n) is 4.34. The van der Waals surface area contributed by atoms with Crippen LogP contribution < -0.4 is 10.0 Å². The molecule has 4 rings (SSSR count). The molecule has 29 heavy (non-hydrogen) atoms. The lowest BCUT2D eigenvalue weighted by Gasteiger charge is -2.42. The summed E-state index contributed by atoms with van der Waals surface area (Å²) < 4.78 is 27.6. The minimum Gasteiger partial charge on any atom is -0.354 e. The van der Waals surface area contributed by atoms with Crippen LogP contribution >= 0.6 is 0 Å². The zero-order valence-electron chi connectivity index (χ0n) is 16.7. The lowest BCUT2D eigenvalue weighted by atomic mass is 10.0. The van der Waals surface area contributed by atoms with Crippen LogP contribution in [0.2, 0.25) is 0 Å². The van der Waals surface area contributed by atoms with Crippen molar-refractivity contribution in [1.82, 2.24) is 29.6 Å². The maximum Gasteiger partial charge on any atom is 0.242 e. The van der Waals surface area contributed by atoms with E-state index in [1.807, 2.05) is 13.1 Å². The maximum absolute atomic E-state index is 13.3. The van der Waals surface area contributed by atoms with E-state index in [0.29, 0.717) is 26.1 Å². The third kappa shape index (κ3) is 4.62. The number of sulfonamides is 1. The number of fused-ring (bicyclic) bond motifs is 1. The first-order valence-electron chi connectivity index (χ1n) is 9.97. The van der Waals surface area contributed by atoms with Gasteiger partial charge in [-0.05, 0) is 25.3 Å². The summed E-state index contributed by atoms with van der Waals surface area (Å²) in [6, 6.07) is 1.11. The Hall–Kier alpha value is -1.98. The zero-order chi connectivity index (χ0) is 20.8. The summed E-state index contributed by atoms with van der Waals surface area (Å²) in [6.07, 6.45) is 5.27. The molecule has 1 aromatic heterocycles. The normalized spacial score (nSPS) is 27.9. The molecule has 0 spiro atoms. The van der Waals surface area contributed by atoms with Gasteiger partial charge in [-0.1, -0.05) is 0 Å². The van der Waals surface area contributed by atoms with Gasteiger partial charge in [-0.3, -0.25) is 19.2 Å². The van der Waals surface area contributed by atoms with E-state index in [4.69, 9.17) is 0 Å². The van der Waals surface area contributed by atoms with Gasteiger partial charge in [0.1, 0.15) is 6.04 Å². The first-order chi connectivity index (χ1) is 13.7. The number of aromatic nitrogens is 2. The van der Waals surface area contributed by atoms with Crippen molar-refractivity contribution in [1.29, 1.82) is 0 Å². The highest BCUT2D eigenvalue weighted by Crippen LogP contribution is 2.30. The Labute approximate surface area is 170 Å². The minimum atomic E-state index is -3.34. The molecule has 11 heteroatoms. The first kappa shape index (κ1) is 20.3. The molecule has 1 aliphatic carbocycles. The molecule has 0 bridgehead atoms. The number of hydrogen-bond donors (Lipinski definition) is 2. The number of piperazine rings is 1. The van der Waals surface area contributed by atoms with Crippen LogP contribution in [0.25, 0.3) is 0 Å². The summed E-state index contributed by atoms with van der Waals surface area (Å²) in [5, 5.41) is 7.14. The van der Waals surface area contributed by atoms with Crippen LogP contribution in [-0.4, -0.2) is 83.8 Å². The molecule has 3 heterocycles.